The van der Waals surface area contributed by atoms with Crippen LogP contribution in [0.15, 0.2) is 24.3 Å². The fourth-order valence-corrected chi connectivity index (χ4v) is 4.19. The van der Waals surface area contributed by atoms with Gasteiger partial charge in [-0.05, 0) is 24.0 Å². The minimum absolute atomic E-state index is 0.142. The van der Waals surface area contributed by atoms with E-state index in [1.165, 1.54) is 77.0 Å². The number of amides is 2. The number of carbonyl (C=O) groups excluding carboxylic acids is 2. The number of nitrogens with one attached hydrogen (secondary N) is 2. The number of hydrogen-bond acceptors (Lipinski definition) is 2. The second-order valence-electron chi connectivity index (χ2n) is 9.82. The van der Waals surface area contributed by atoms with Gasteiger partial charge in [-0.1, -0.05) is 128 Å². The molecular weight excluding hydrogens is 420 g/mol. The lowest BCUT2D eigenvalue weighted by molar-refractivity contribution is -0.122. The number of hydrogen-bond donors (Lipinski definition) is 2. The van der Waals surface area contributed by atoms with Crippen LogP contribution < -0.4 is 10.6 Å². The van der Waals surface area contributed by atoms with Crippen LogP contribution in [0, 0.1) is 0 Å². The molecule has 1 aromatic carbocycles. The Morgan fingerprint density at radius 1 is 0.500 bits per heavy atom. The van der Waals surface area contributed by atoms with Gasteiger partial charge in [-0.15, -0.1) is 0 Å². The molecule has 0 atom stereocenters. The van der Waals surface area contributed by atoms with E-state index in [-0.39, 0.29) is 11.8 Å². The van der Waals surface area contributed by atoms with Crippen LogP contribution in [-0.4, -0.2) is 11.8 Å². The van der Waals surface area contributed by atoms with Crippen LogP contribution in [0.4, 0.5) is 0 Å². The normalized spacial score (nSPS) is 10.9. The van der Waals surface area contributed by atoms with E-state index in [2.05, 4.69) is 24.5 Å². The number of rotatable bonds is 22. The van der Waals surface area contributed by atoms with Gasteiger partial charge in [0.15, 0.2) is 0 Å². The molecule has 0 aliphatic carbocycles. The van der Waals surface area contributed by atoms with Crippen molar-refractivity contribution in [2.24, 2.45) is 0 Å². The molecule has 34 heavy (non-hydrogen) atoms. The quantitative estimate of drug-likeness (QED) is 0.168. The smallest absolute Gasteiger partial charge is 0.220 e. The predicted molar refractivity (Wildman–Crippen MR) is 145 cm³/mol. The van der Waals surface area contributed by atoms with Gasteiger partial charge in [0.05, 0.1) is 0 Å². The molecule has 0 radical (unpaired) electrons. The minimum Gasteiger partial charge on any atom is -0.352 e. The van der Waals surface area contributed by atoms with Crippen LogP contribution >= 0.6 is 0 Å². The van der Waals surface area contributed by atoms with Crippen LogP contribution in [0.5, 0.6) is 0 Å². The van der Waals surface area contributed by atoms with Gasteiger partial charge < -0.3 is 10.6 Å². The Balaban J connectivity index is 2.05. The highest BCUT2D eigenvalue weighted by molar-refractivity contribution is 5.76. The van der Waals surface area contributed by atoms with Crippen molar-refractivity contribution in [1.82, 2.24) is 10.6 Å². The van der Waals surface area contributed by atoms with Gasteiger partial charge in [-0.25, -0.2) is 0 Å². The van der Waals surface area contributed by atoms with Gasteiger partial charge in [0.25, 0.3) is 0 Å². The average Bonchev–Trinajstić information content (AvgIpc) is 2.85. The molecule has 0 heterocycles. The first-order valence-corrected chi connectivity index (χ1v) is 14.3. The molecule has 0 unspecified atom stereocenters. The van der Waals surface area contributed by atoms with E-state index in [0.717, 1.165) is 36.8 Å². The molecule has 2 N–H and O–H groups in total. The van der Waals surface area contributed by atoms with Gasteiger partial charge in [0.1, 0.15) is 0 Å². The molecule has 194 valence electrons. The van der Waals surface area contributed by atoms with Crippen LogP contribution in [0.3, 0.4) is 0 Å². The van der Waals surface area contributed by atoms with Crippen molar-refractivity contribution in [1.29, 1.82) is 0 Å². The molecule has 0 aliphatic rings. The van der Waals surface area contributed by atoms with Gasteiger partial charge in [-0.2, -0.15) is 0 Å². The van der Waals surface area contributed by atoms with Crippen molar-refractivity contribution >= 4 is 11.8 Å². The average molecular weight is 473 g/mol. The summed E-state index contributed by atoms with van der Waals surface area (Å²) in [6, 6.07) is 8.15. The molecule has 4 heteroatoms. The zero-order valence-corrected chi connectivity index (χ0v) is 22.3. The molecule has 0 fully saturated rings. The highest BCUT2D eigenvalue weighted by atomic mass is 16.2. The summed E-state index contributed by atoms with van der Waals surface area (Å²) in [6.07, 6.45) is 21.2. The third-order valence-electron chi connectivity index (χ3n) is 6.52. The fourth-order valence-electron chi connectivity index (χ4n) is 4.19. The van der Waals surface area contributed by atoms with Crippen LogP contribution in [0.1, 0.15) is 141 Å². The van der Waals surface area contributed by atoms with Crippen molar-refractivity contribution in [3.05, 3.63) is 35.4 Å². The topological polar surface area (TPSA) is 58.2 Å². The molecular formula is C30H52N2O2. The van der Waals surface area contributed by atoms with Crippen molar-refractivity contribution in [3.63, 3.8) is 0 Å². The van der Waals surface area contributed by atoms with Gasteiger partial charge in [-0.3, -0.25) is 9.59 Å². The Kier molecular flexibility index (Phi) is 19.2. The summed E-state index contributed by atoms with van der Waals surface area (Å²) in [6.45, 7) is 5.63. The first-order valence-electron chi connectivity index (χ1n) is 14.3. The van der Waals surface area contributed by atoms with E-state index in [1.807, 2.05) is 24.3 Å². The zero-order chi connectivity index (χ0) is 24.7. The summed E-state index contributed by atoms with van der Waals surface area (Å²) in [4.78, 5) is 24.1. The standard InChI is InChI=1S/C30H52N2O2/c1-3-5-7-9-11-13-15-17-19-29(33)31-25-27-21-23-28(24-22-27)26-32-30(34)20-18-16-14-12-10-8-6-4-2/h21-24H,3-20,25-26H2,1-2H3,(H,31,33)(H,32,34). The number of benzene rings is 1. The largest absolute Gasteiger partial charge is 0.352 e. The minimum atomic E-state index is 0.142. The molecule has 0 saturated heterocycles. The van der Waals surface area contributed by atoms with E-state index in [1.54, 1.807) is 0 Å². The van der Waals surface area contributed by atoms with E-state index in [9.17, 15) is 9.59 Å². The lowest BCUT2D eigenvalue weighted by Gasteiger charge is -2.08. The molecule has 1 rings (SSSR count). The van der Waals surface area contributed by atoms with Gasteiger partial charge >= 0.3 is 0 Å². The molecule has 0 bridgehead atoms. The molecule has 0 aliphatic heterocycles. The second kappa shape index (κ2) is 21.7. The van der Waals surface area contributed by atoms with E-state index >= 15 is 0 Å². The second-order valence-corrected chi connectivity index (χ2v) is 9.82. The van der Waals surface area contributed by atoms with E-state index in [4.69, 9.17) is 0 Å². The first-order chi connectivity index (χ1) is 16.7. The molecule has 4 nitrogen and oxygen atoms in total. The summed E-state index contributed by atoms with van der Waals surface area (Å²) in [5, 5.41) is 6.05. The first kappa shape index (κ1) is 30.2. The molecule has 2 amide bonds. The maximum absolute atomic E-state index is 12.1. The molecule has 0 aromatic heterocycles. The maximum atomic E-state index is 12.1. The van der Waals surface area contributed by atoms with Crippen LogP contribution in [0.2, 0.25) is 0 Å². The third-order valence-corrected chi connectivity index (χ3v) is 6.52. The van der Waals surface area contributed by atoms with Crippen molar-refractivity contribution in [2.75, 3.05) is 0 Å². The summed E-state index contributed by atoms with van der Waals surface area (Å²) >= 11 is 0. The lowest BCUT2D eigenvalue weighted by Crippen LogP contribution is -2.23. The summed E-state index contributed by atoms with van der Waals surface area (Å²) in [5.41, 5.74) is 2.19. The number of unbranched alkanes of at least 4 members (excludes halogenated alkanes) is 14. The monoisotopic (exact) mass is 472 g/mol. The summed E-state index contributed by atoms with van der Waals surface area (Å²) in [5.74, 6) is 0.284. The van der Waals surface area contributed by atoms with Crippen LogP contribution in [0.25, 0.3) is 0 Å². The third kappa shape index (κ3) is 17.6. The summed E-state index contributed by atoms with van der Waals surface area (Å²) < 4.78 is 0. The Hall–Kier alpha value is -1.84. The Bertz CT molecular complexity index is 572. The number of carbonyl (C=O) groups is 2. The molecule has 0 saturated carbocycles. The van der Waals surface area contributed by atoms with E-state index < -0.39 is 0 Å². The Morgan fingerprint density at radius 3 is 1.12 bits per heavy atom. The Morgan fingerprint density at radius 2 is 0.794 bits per heavy atom. The predicted octanol–water partition coefficient (Wildman–Crippen LogP) is 7.98. The van der Waals surface area contributed by atoms with Crippen molar-refractivity contribution in [3.8, 4) is 0 Å². The lowest BCUT2D eigenvalue weighted by atomic mass is 10.1. The summed E-state index contributed by atoms with van der Waals surface area (Å²) in [7, 11) is 0. The maximum Gasteiger partial charge on any atom is 0.220 e. The highest BCUT2D eigenvalue weighted by Crippen LogP contribution is 2.11. The van der Waals surface area contributed by atoms with Crippen molar-refractivity contribution < 1.29 is 9.59 Å². The Labute approximate surface area is 210 Å². The SMILES string of the molecule is CCCCCCCCCCC(=O)NCc1ccc(CNC(=O)CCCCCCCCCC)cc1. The van der Waals surface area contributed by atoms with Gasteiger partial charge in [0.2, 0.25) is 11.8 Å². The van der Waals surface area contributed by atoms with Crippen LogP contribution in [-0.2, 0) is 22.7 Å². The van der Waals surface area contributed by atoms with Gasteiger partial charge in [0, 0.05) is 25.9 Å². The molecule has 0 spiro atoms. The van der Waals surface area contributed by atoms with Crippen molar-refractivity contribution in [2.45, 2.75) is 143 Å². The highest BCUT2D eigenvalue weighted by Gasteiger charge is 2.04. The molecule has 1 aromatic rings. The zero-order valence-electron chi connectivity index (χ0n) is 22.3. The fraction of sp³-hybridized carbons (Fsp3) is 0.733. The van der Waals surface area contributed by atoms with E-state index in [0.29, 0.717) is 25.9 Å².